The summed E-state index contributed by atoms with van der Waals surface area (Å²) in [5, 5.41) is 6.44. The molecule has 0 spiro atoms. The van der Waals surface area contributed by atoms with Crippen molar-refractivity contribution in [3.05, 3.63) is 53.1 Å². The first-order valence-corrected chi connectivity index (χ1v) is 11.0. The van der Waals surface area contributed by atoms with Crippen molar-refractivity contribution in [2.45, 2.75) is 32.2 Å². The van der Waals surface area contributed by atoms with Gasteiger partial charge < -0.3 is 18.9 Å². The van der Waals surface area contributed by atoms with E-state index >= 15 is 0 Å². The van der Waals surface area contributed by atoms with Gasteiger partial charge >= 0.3 is 0 Å². The summed E-state index contributed by atoms with van der Waals surface area (Å²) >= 11 is 0. The molecule has 1 aliphatic carbocycles. The van der Waals surface area contributed by atoms with Gasteiger partial charge in [-0.05, 0) is 66.3 Å². The molecule has 7 nitrogen and oxygen atoms in total. The number of ether oxygens (including phenoxy) is 4. The molecular weight excluding hydrogens is 420 g/mol. The van der Waals surface area contributed by atoms with E-state index in [9.17, 15) is 4.79 Å². The zero-order chi connectivity index (χ0) is 23.5. The van der Waals surface area contributed by atoms with Gasteiger partial charge in [0.2, 0.25) is 5.91 Å². The van der Waals surface area contributed by atoms with Gasteiger partial charge in [0.25, 0.3) is 0 Å². The van der Waals surface area contributed by atoms with E-state index in [0.717, 1.165) is 41.7 Å². The molecule has 0 aromatic heterocycles. The summed E-state index contributed by atoms with van der Waals surface area (Å²) in [6, 6.07) is 11.5. The predicted molar refractivity (Wildman–Crippen MR) is 127 cm³/mol. The van der Waals surface area contributed by atoms with Gasteiger partial charge in [-0.2, -0.15) is 5.10 Å². The molecule has 1 heterocycles. The van der Waals surface area contributed by atoms with Gasteiger partial charge in [0.1, 0.15) is 0 Å². The van der Waals surface area contributed by atoms with Gasteiger partial charge in [0.05, 0.1) is 40.2 Å². The van der Waals surface area contributed by atoms with Gasteiger partial charge in [0, 0.05) is 12.8 Å². The molecule has 2 atom stereocenters. The number of carbonyl (C=O) groups is 1. The van der Waals surface area contributed by atoms with Crippen molar-refractivity contribution in [3.8, 4) is 23.0 Å². The Labute approximate surface area is 194 Å². The Bertz CT molecular complexity index is 1110. The van der Waals surface area contributed by atoms with Crippen LogP contribution in [0.15, 0.2) is 47.1 Å². The van der Waals surface area contributed by atoms with Crippen LogP contribution in [0.5, 0.6) is 23.0 Å². The molecule has 1 saturated carbocycles. The smallest absolute Gasteiger partial charge is 0.240 e. The van der Waals surface area contributed by atoms with Crippen molar-refractivity contribution >= 4 is 17.7 Å². The van der Waals surface area contributed by atoms with E-state index < -0.39 is 0 Å². The SMILES string of the molecule is COc1ccc(/C=C2/CCC[C@@H]3C2=NN(C(C)=O)[C@@H]3c2ccc(OC)c(OC)c2)cc1OC. The summed E-state index contributed by atoms with van der Waals surface area (Å²) < 4.78 is 21.7. The lowest BCUT2D eigenvalue weighted by molar-refractivity contribution is -0.131. The summed E-state index contributed by atoms with van der Waals surface area (Å²) in [7, 11) is 6.48. The molecule has 174 valence electrons. The molecule has 4 rings (SSSR count). The number of benzene rings is 2. The average molecular weight is 451 g/mol. The molecule has 0 N–H and O–H groups in total. The minimum absolute atomic E-state index is 0.0813. The van der Waals surface area contributed by atoms with Crippen molar-refractivity contribution in [2.24, 2.45) is 11.0 Å². The van der Waals surface area contributed by atoms with Gasteiger partial charge in [-0.15, -0.1) is 0 Å². The molecule has 1 fully saturated rings. The van der Waals surface area contributed by atoms with Crippen LogP contribution in [-0.2, 0) is 4.79 Å². The molecule has 0 unspecified atom stereocenters. The summed E-state index contributed by atoms with van der Waals surface area (Å²) in [6.45, 7) is 1.56. The zero-order valence-corrected chi connectivity index (χ0v) is 19.8. The summed E-state index contributed by atoms with van der Waals surface area (Å²) in [5.74, 6) is 2.71. The van der Waals surface area contributed by atoms with Crippen molar-refractivity contribution in [2.75, 3.05) is 28.4 Å². The number of fused-ring (bicyclic) bond motifs is 1. The van der Waals surface area contributed by atoms with Crippen LogP contribution >= 0.6 is 0 Å². The number of hydrogen-bond donors (Lipinski definition) is 0. The molecule has 7 heteroatoms. The number of hydrazone groups is 1. The summed E-state index contributed by atoms with van der Waals surface area (Å²) in [6.07, 6.45) is 5.04. The van der Waals surface area contributed by atoms with Gasteiger partial charge in [-0.1, -0.05) is 12.1 Å². The third kappa shape index (κ3) is 4.27. The monoisotopic (exact) mass is 450 g/mol. The third-order valence-corrected chi connectivity index (χ3v) is 6.32. The van der Waals surface area contributed by atoms with E-state index in [1.54, 1.807) is 40.4 Å². The van der Waals surface area contributed by atoms with Crippen LogP contribution in [0.1, 0.15) is 43.4 Å². The fourth-order valence-electron chi connectivity index (χ4n) is 4.78. The minimum atomic E-state index is -0.175. The van der Waals surface area contributed by atoms with Crippen LogP contribution in [0.4, 0.5) is 0 Å². The number of nitrogens with zero attached hydrogens (tertiary/aromatic N) is 2. The maximum Gasteiger partial charge on any atom is 0.240 e. The Kier molecular flexibility index (Phi) is 6.58. The average Bonchev–Trinajstić information content (AvgIpc) is 3.24. The quantitative estimate of drug-likeness (QED) is 0.628. The maximum atomic E-state index is 12.6. The lowest BCUT2D eigenvalue weighted by Gasteiger charge is -2.29. The fraction of sp³-hybridized carbons (Fsp3) is 0.385. The second-order valence-corrected chi connectivity index (χ2v) is 8.19. The number of hydrogen-bond acceptors (Lipinski definition) is 6. The molecule has 33 heavy (non-hydrogen) atoms. The van der Waals surface area contributed by atoms with Crippen LogP contribution in [0.2, 0.25) is 0 Å². The first-order chi connectivity index (χ1) is 16.0. The van der Waals surface area contributed by atoms with Crippen LogP contribution in [0.3, 0.4) is 0 Å². The highest BCUT2D eigenvalue weighted by atomic mass is 16.5. The van der Waals surface area contributed by atoms with Crippen molar-refractivity contribution < 1.29 is 23.7 Å². The largest absolute Gasteiger partial charge is 0.493 e. The predicted octanol–water partition coefficient (Wildman–Crippen LogP) is 4.86. The second-order valence-electron chi connectivity index (χ2n) is 8.19. The molecule has 2 aliphatic rings. The summed E-state index contributed by atoms with van der Waals surface area (Å²) in [5.41, 5.74) is 4.12. The number of amides is 1. The molecule has 1 aliphatic heterocycles. The van der Waals surface area contributed by atoms with E-state index in [2.05, 4.69) is 6.08 Å². The normalized spacial score (nSPS) is 20.8. The Balaban J connectivity index is 1.72. The fourth-order valence-corrected chi connectivity index (χ4v) is 4.78. The Morgan fingerprint density at radius 1 is 0.939 bits per heavy atom. The molecule has 0 bridgehead atoms. The van der Waals surface area contributed by atoms with E-state index in [1.807, 2.05) is 36.4 Å². The highest BCUT2D eigenvalue weighted by Gasteiger charge is 2.43. The van der Waals surface area contributed by atoms with Gasteiger partial charge in [0.15, 0.2) is 23.0 Å². The zero-order valence-electron chi connectivity index (χ0n) is 19.8. The van der Waals surface area contributed by atoms with Gasteiger partial charge in [-0.25, -0.2) is 5.01 Å². The van der Waals surface area contributed by atoms with Gasteiger partial charge in [-0.3, -0.25) is 4.79 Å². The lowest BCUT2D eigenvalue weighted by Crippen LogP contribution is -2.30. The van der Waals surface area contributed by atoms with Crippen molar-refractivity contribution in [1.82, 2.24) is 5.01 Å². The number of rotatable bonds is 6. The van der Waals surface area contributed by atoms with Crippen molar-refractivity contribution in [3.63, 3.8) is 0 Å². The third-order valence-electron chi connectivity index (χ3n) is 6.32. The van der Waals surface area contributed by atoms with Crippen molar-refractivity contribution in [1.29, 1.82) is 0 Å². The van der Waals surface area contributed by atoms with Crippen LogP contribution < -0.4 is 18.9 Å². The Hall–Kier alpha value is -3.48. The molecule has 0 saturated heterocycles. The summed E-state index contributed by atoms with van der Waals surface area (Å²) in [4.78, 5) is 12.6. The number of carbonyl (C=O) groups excluding carboxylic acids is 1. The van der Waals surface area contributed by atoms with E-state index in [4.69, 9.17) is 24.0 Å². The molecular formula is C26H30N2O5. The maximum absolute atomic E-state index is 12.6. The lowest BCUT2D eigenvalue weighted by atomic mass is 9.77. The van der Waals surface area contributed by atoms with Crippen LogP contribution in [0, 0.1) is 5.92 Å². The highest BCUT2D eigenvalue weighted by molar-refractivity contribution is 6.08. The van der Waals surface area contributed by atoms with E-state index in [0.29, 0.717) is 23.0 Å². The molecule has 2 aromatic rings. The second kappa shape index (κ2) is 9.57. The first kappa shape index (κ1) is 22.7. The number of methoxy groups -OCH3 is 4. The van der Waals surface area contributed by atoms with Crippen LogP contribution in [0.25, 0.3) is 6.08 Å². The van der Waals surface area contributed by atoms with E-state index in [-0.39, 0.29) is 17.9 Å². The molecule has 0 radical (unpaired) electrons. The topological polar surface area (TPSA) is 69.6 Å². The Morgan fingerprint density at radius 2 is 1.58 bits per heavy atom. The highest BCUT2D eigenvalue weighted by Crippen LogP contribution is 2.46. The van der Waals surface area contributed by atoms with E-state index in [1.165, 1.54) is 0 Å². The standard InChI is InChI=1S/C26H30N2O5/c1-16(29)28-26(19-10-12-22(31-3)24(15-19)33-5)20-8-6-7-18(25(20)27-28)13-17-9-11-21(30-2)23(14-17)32-4/h9-15,20,26H,6-8H2,1-5H3/b18-13-/t20-,26-/m1/s1. The molecule has 2 aromatic carbocycles. The number of allylic oxidation sites excluding steroid dienone is 1. The molecule has 1 amide bonds. The first-order valence-electron chi connectivity index (χ1n) is 11.0. The minimum Gasteiger partial charge on any atom is -0.493 e. The van der Waals surface area contributed by atoms with Crippen LogP contribution in [-0.4, -0.2) is 45.1 Å². The Morgan fingerprint density at radius 3 is 2.21 bits per heavy atom.